The Morgan fingerprint density at radius 1 is 1.27 bits per heavy atom. The average Bonchev–Trinajstić information content (AvgIpc) is 2.51. The van der Waals surface area contributed by atoms with Gasteiger partial charge in [0.05, 0.1) is 25.9 Å². The first kappa shape index (κ1) is 11.3. The van der Waals surface area contributed by atoms with Gasteiger partial charge in [0.15, 0.2) is 0 Å². The predicted octanol–water partition coefficient (Wildman–Crippen LogP) is 0.511. The number of hydrogen-bond acceptors (Lipinski definition) is 4. The molecule has 0 aromatic carbocycles. The summed E-state index contributed by atoms with van der Waals surface area (Å²) in [5.41, 5.74) is 0. The maximum Gasteiger partial charge on any atom is 0.0931 e. The number of methoxy groups -OCH3 is 2. The zero-order valence-corrected chi connectivity index (χ0v) is 9.65. The zero-order valence-electron chi connectivity index (χ0n) is 9.65. The van der Waals surface area contributed by atoms with Crippen molar-refractivity contribution in [2.24, 2.45) is 0 Å². The van der Waals surface area contributed by atoms with Gasteiger partial charge in [0, 0.05) is 32.8 Å². The van der Waals surface area contributed by atoms with Crippen LogP contribution >= 0.6 is 0 Å². The van der Waals surface area contributed by atoms with E-state index in [1.807, 2.05) is 0 Å². The quantitative estimate of drug-likeness (QED) is 0.668. The van der Waals surface area contributed by atoms with Crippen LogP contribution in [-0.4, -0.2) is 63.7 Å². The Morgan fingerprint density at radius 2 is 1.93 bits per heavy atom. The molecule has 2 saturated heterocycles. The first-order chi connectivity index (χ1) is 7.35. The Labute approximate surface area is 91.5 Å². The second-order valence-corrected chi connectivity index (χ2v) is 4.43. The molecule has 4 heteroatoms. The minimum Gasteiger partial charge on any atom is -0.382 e. The number of fused-ring (bicyclic) bond motifs is 2. The molecule has 3 atom stereocenters. The van der Waals surface area contributed by atoms with E-state index in [0.29, 0.717) is 18.7 Å². The molecule has 2 rings (SSSR count). The molecule has 0 radical (unpaired) electrons. The molecule has 2 aliphatic heterocycles. The number of morpholine rings is 1. The molecule has 0 aromatic rings. The number of rotatable bonds is 5. The molecule has 0 aliphatic carbocycles. The molecule has 0 amide bonds. The van der Waals surface area contributed by atoms with Crippen LogP contribution in [0.3, 0.4) is 0 Å². The molecule has 2 bridgehead atoms. The van der Waals surface area contributed by atoms with E-state index in [0.717, 1.165) is 19.8 Å². The summed E-state index contributed by atoms with van der Waals surface area (Å²) in [7, 11) is 3.48. The normalized spacial score (nSPS) is 33.2. The molecule has 88 valence electrons. The van der Waals surface area contributed by atoms with Crippen LogP contribution in [0.5, 0.6) is 0 Å². The SMILES string of the molecule is COCC(CN1C2CCC1COC2)OC. The van der Waals surface area contributed by atoms with Crippen molar-refractivity contribution in [3.05, 3.63) is 0 Å². The van der Waals surface area contributed by atoms with Crippen molar-refractivity contribution in [1.29, 1.82) is 0 Å². The predicted molar refractivity (Wildman–Crippen MR) is 57.0 cm³/mol. The molecular weight excluding hydrogens is 194 g/mol. The highest BCUT2D eigenvalue weighted by atomic mass is 16.5. The van der Waals surface area contributed by atoms with Gasteiger partial charge in [0.1, 0.15) is 0 Å². The van der Waals surface area contributed by atoms with E-state index in [9.17, 15) is 0 Å². The van der Waals surface area contributed by atoms with Crippen LogP contribution in [0.4, 0.5) is 0 Å². The van der Waals surface area contributed by atoms with E-state index in [1.54, 1.807) is 14.2 Å². The Balaban J connectivity index is 1.87. The fourth-order valence-electron chi connectivity index (χ4n) is 2.63. The molecule has 0 spiro atoms. The van der Waals surface area contributed by atoms with Gasteiger partial charge in [-0.2, -0.15) is 0 Å². The zero-order chi connectivity index (χ0) is 10.7. The maximum atomic E-state index is 5.55. The summed E-state index contributed by atoms with van der Waals surface area (Å²) >= 11 is 0. The lowest BCUT2D eigenvalue weighted by Crippen LogP contribution is -2.49. The Bertz CT molecular complexity index is 184. The lowest BCUT2D eigenvalue weighted by Gasteiger charge is -2.36. The summed E-state index contributed by atoms with van der Waals surface area (Å²) in [5, 5.41) is 0. The summed E-state index contributed by atoms with van der Waals surface area (Å²) in [6.07, 6.45) is 2.73. The Hall–Kier alpha value is -0.160. The van der Waals surface area contributed by atoms with Gasteiger partial charge in [-0.25, -0.2) is 0 Å². The van der Waals surface area contributed by atoms with E-state index in [1.165, 1.54) is 12.8 Å². The molecule has 2 heterocycles. The summed E-state index contributed by atoms with van der Waals surface area (Å²) < 4.78 is 16.1. The molecule has 15 heavy (non-hydrogen) atoms. The highest BCUT2D eigenvalue weighted by molar-refractivity contribution is 4.91. The molecular formula is C11H21NO3. The first-order valence-electron chi connectivity index (χ1n) is 5.70. The molecule has 0 aromatic heterocycles. The van der Waals surface area contributed by atoms with Crippen LogP contribution in [0.1, 0.15) is 12.8 Å². The number of ether oxygens (including phenoxy) is 3. The topological polar surface area (TPSA) is 30.9 Å². The van der Waals surface area contributed by atoms with E-state index in [4.69, 9.17) is 14.2 Å². The smallest absolute Gasteiger partial charge is 0.0931 e. The number of nitrogens with zero attached hydrogens (tertiary/aromatic N) is 1. The van der Waals surface area contributed by atoms with Gasteiger partial charge in [-0.15, -0.1) is 0 Å². The third-order valence-electron chi connectivity index (χ3n) is 3.49. The van der Waals surface area contributed by atoms with Crippen molar-refractivity contribution < 1.29 is 14.2 Å². The van der Waals surface area contributed by atoms with Crippen LogP contribution in [0, 0.1) is 0 Å². The van der Waals surface area contributed by atoms with E-state index < -0.39 is 0 Å². The largest absolute Gasteiger partial charge is 0.382 e. The molecule has 0 saturated carbocycles. The van der Waals surface area contributed by atoms with Gasteiger partial charge in [-0.1, -0.05) is 0 Å². The standard InChI is InChI=1S/C11H21NO3/c1-13-8-11(14-2)5-12-9-3-4-10(12)7-15-6-9/h9-11H,3-8H2,1-2H3. The summed E-state index contributed by atoms with van der Waals surface area (Å²) in [6, 6.07) is 1.22. The van der Waals surface area contributed by atoms with Crippen molar-refractivity contribution in [3.63, 3.8) is 0 Å². The van der Waals surface area contributed by atoms with Crippen LogP contribution in [0.2, 0.25) is 0 Å². The van der Waals surface area contributed by atoms with Crippen molar-refractivity contribution in [2.75, 3.05) is 40.6 Å². The van der Waals surface area contributed by atoms with Gasteiger partial charge in [-0.3, -0.25) is 4.90 Å². The van der Waals surface area contributed by atoms with Crippen LogP contribution in [0.15, 0.2) is 0 Å². The highest BCUT2D eigenvalue weighted by Crippen LogP contribution is 2.28. The summed E-state index contributed by atoms with van der Waals surface area (Å²) in [4.78, 5) is 2.54. The highest BCUT2D eigenvalue weighted by Gasteiger charge is 2.38. The minimum atomic E-state index is 0.191. The second kappa shape index (κ2) is 5.25. The second-order valence-electron chi connectivity index (χ2n) is 4.43. The fourth-order valence-corrected chi connectivity index (χ4v) is 2.63. The van der Waals surface area contributed by atoms with E-state index in [-0.39, 0.29) is 6.10 Å². The molecule has 0 N–H and O–H groups in total. The molecule has 3 unspecified atom stereocenters. The van der Waals surface area contributed by atoms with Gasteiger partial charge in [0.2, 0.25) is 0 Å². The number of hydrogen-bond donors (Lipinski definition) is 0. The van der Waals surface area contributed by atoms with Crippen molar-refractivity contribution in [3.8, 4) is 0 Å². The van der Waals surface area contributed by atoms with Crippen LogP contribution in [-0.2, 0) is 14.2 Å². The van der Waals surface area contributed by atoms with Crippen molar-refractivity contribution in [1.82, 2.24) is 4.90 Å². The molecule has 4 nitrogen and oxygen atoms in total. The van der Waals surface area contributed by atoms with Crippen molar-refractivity contribution >= 4 is 0 Å². The van der Waals surface area contributed by atoms with Crippen LogP contribution < -0.4 is 0 Å². The summed E-state index contributed by atoms with van der Waals surface area (Å²) in [5.74, 6) is 0. The minimum absolute atomic E-state index is 0.191. The van der Waals surface area contributed by atoms with Crippen molar-refractivity contribution in [2.45, 2.75) is 31.0 Å². The van der Waals surface area contributed by atoms with Crippen LogP contribution in [0.25, 0.3) is 0 Å². The van der Waals surface area contributed by atoms with Gasteiger partial charge in [0.25, 0.3) is 0 Å². The lowest BCUT2D eigenvalue weighted by atomic mass is 10.2. The van der Waals surface area contributed by atoms with Gasteiger partial charge < -0.3 is 14.2 Å². The third kappa shape index (κ3) is 2.50. The maximum absolute atomic E-state index is 5.55. The van der Waals surface area contributed by atoms with E-state index >= 15 is 0 Å². The van der Waals surface area contributed by atoms with Gasteiger partial charge in [-0.05, 0) is 12.8 Å². The van der Waals surface area contributed by atoms with E-state index in [2.05, 4.69) is 4.90 Å². The Kier molecular flexibility index (Phi) is 3.97. The van der Waals surface area contributed by atoms with Gasteiger partial charge >= 0.3 is 0 Å². The fraction of sp³-hybridized carbons (Fsp3) is 1.00. The molecule has 2 aliphatic rings. The average molecular weight is 215 g/mol. The summed E-state index contributed by atoms with van der Waals surface area (Å²) in [6.45, 7) is 3.43. The Morgan fingerprint density at radius 3 is 2.47 bits per heavy atom. The third-order valence-corrected chi connectivity index (χ3v) is 3.49. The monoisotopic (exact) mass is 215 g/mol. The first-order valence-corrected chi connectivity index (χ1v) is 5.70. The molecule has 2 fully saturated rings. The lowest BCUT2D eigenvalue weighted by molar-refractivity contribution is -0.0540.